The summed E-state index contributed by atoms with van der Waals surface area (Å²) in [5.41, 5.74) is 0. The lowest BCUT2D eigenvalue weighted by Crippen LogP contribution is -2.19. The molecule has 0 heterocycles. The Morgan fingerprint density at radius 2 is 1.50 bits per heavy atom. The first-order chi connectivity index (χ1) is 7.67. The van der Waals surface area contributed by atoms with Gasteiger partial charge in [0.1, 0.15) is 0 Å². The quantitative estimate of drug-likeness (QED) is 0.433. The average Bonchev–Trinajstić information content (AvgIpc) is 2.43. The number of nitrogens with zero attached hydrogens (tertiary/aromatic N) is 2. The molecule has 1 aliphatic carbocycles. The second-order valence-electron chi connectivity index (χ2n) is 3.83. The van der Waals surface area contributed by atoms with Crippen LogP contribution in [0.4, 0.5) is 0 Å². The standard InChI is InChI=1S/C10H12N2O4/c13-5-11-8-1-2-9(12-6-14)4-7(3-8)10(15)16/h7-9H,1-4H2,(H,15,16). The normalized spacial score (nSPS) is 29.4. The Morgan fingerprint density at radius 3 is 1.81 bits per heavy atom. The Hall–Kier alpha value is -1.77. The van der Waals surface area contributed by atoms with E-state index in [1.165, 1.54) is 12.2 Å². The van der Waals surface area contributed by atoms with Crippen LogP contribution in [0.25, 0.3) is 0 Å². The number of hydrogen-bond acceptors (Lipinski definition) is 5. The minimum absolute atomic E-state index is 0.301. The highest BCUT2D eigenvalue weighted by Crippen LogP contribution is 2.27. The molecule has 1 fully saturated rings. The lowest BCUT2D eigenvalue weighted by Gasteiger charge is -2.12. The molecule has 2 atom stereocenters. The van der Waals surface area contributed by atoms with E-state index in [-0.39, 0.29) is 12.1 Å². The van der Waals surface area contributed by atoms with Crippen LogP contribution in [0.3, 0.4) is 0 Å². The highest BCUT2D eigenvalue weighted by molar-refractivity contribution is 5.70. The molecule has 1 saturated carbocycles. The van der Waals surface area contributed by atoms with Gasteiger partial charge in [-0.15, -0.1) is 0 Å². The van der Waals surface area contributed by atoms with Crippen molar-refractivity contribution in [2.75, 3.05) is 0 Å². The maximum Gasteiger partial charge on any atom is 0.306 e. The Bertz CT molecular complexity index is 328. The predicted molar refractivity (Wildman–Crippen MR) is 53.4 cm³/mol. The van der Waals surface area contributed by atoms with E-state index in [4.69, 9.17) is 5.11 Å². The zero-order valence-electron chi connectivity index (χ0n) is 8.63. The Balaban J connectivity index is 2.79. The van der Waals surface area contributed by atoms with Crippen molar-refractivity contribution in [1.82, 2.24) is 0 Å². The zero-order valence-corrected chi connectivity index (χ0v) is 8.63. The molecule has 0 aromatic carbocycles. The number of carboxylic acids is 1. The molecule has 6 heteroatoms. The third-order valence-electron chi connectivity index (χ3n) is 2.77. The third kappa shape index (κ3) is 3.42. The summed E-state index contributed by atoms with van der Waals surface area (Å²) >= 11 is 0. The number of isocyanates is 2. The fraction of sp³-hybridized carbons (Fsp3) is 0.700. The van der Waals surface area contributed by atoms with Gasteiger partial charge in [-0.1, -0.05) is 0 Å². The van der Waals surface area contributed by atoms with E-state index in [0.29, 0.717) is 25.7 Å². The highest BCUT2D eigenvalue weighted by Gasteiger charge is 2.29. The van der Waals surface area contributed by atoms with Crippen molar-refractivity contribution in [2.45, 2.75) is 37.8 Å². The van der Waals surface area contributed by atoms with Crippen LogP contribution in [0.1, 0.15) is 25.7 Å². The lowest BCUT2D eigenvalue weighted by atomic mass is 9.97. The van der Waals surface area contributed by atoms with Gasteiger partial charge < -0.3 is 5.11 Å². The minimum atomic E-state index is -0.945. The topological polar surface area (TPSA) is 96.2 Å². The minimum Gasteiger partial charge on any atom is -0.481 e. The fourth-order valence-electron chi connectivity index (χ4n) is 1.96. The van der Waals surface area contributed by atoms with Gasteiger partial charge in [-0.25, -0.2) is 19.6 Å². The smallest absolute Gasteiger partial charge is 0.306 e. The summed E-state index contributed by atoms with van der Waals surface area (Å²) in [4.78, 5) is 38.3. The van der Waals surface area contributed by atoms with Gasteiger partial charge in [0.15, 0.2) is 0 Å². The first-order valence-corrected chi connectivity index (χ1v) is 5.04. The number of rotatable bonds is 3. The zero-order chi connectivity index (χ0) is 12.0. The van der Waals surface area contributed by atoms with Gasteiger partial charge in [0.05, 0.1) is 18.0 Å². The van der Waals surface area contributed by atoms with Crippen molar-refractivity contribution in [3.63, 3.8) is 0 Å². The van der Waals surface area contributed by atoms with Gasteiger partial charge in [0.25, 0.3) is 0 Å². The van der Waals surface area contributed by atoms with E-state index in [1.54, 1.807) is 0 Å². The molecule has 0 bridgehead atoms. The monoisotopic (exact) mass is 224 g/mol. The summed E-state index contributed by atoms with van der Waals surface area (Å²) in [6.07, 6.45) is 4.59. The average molecular weight is 224 g/mol. The number of carbonyl (C=O) groups excluding carboxylic acids is 2. The summed E-state index contributed by atoms with van der Waals surface area (Å²) in [6, 6.07) is -0.657. The van der Waals surface area contributed by atoms with Gasteiger partial charge in [-0.05, 0) is 25.7 Å². The molecule has 86 valence electrons. The molecule has 1 aliphatic rings. The van der Waals surface area contributed by atoms with E-state index in [9.17, 15) is 14.4 Å². The second kappa shape index (κ2) is 5.95. The van der Waals surface area contributed by atoms with Crippen molar-refractivity contribution in [3.8, 4) is 0 Å². The Labute approximate surface area is 92.1 Å². The van der Waals surface area contributed by atoms with Gasteiger partial charge in [0, 0.05) is 0 Å². The summed E-state index contributed by atoms with van der Waals surface area (Å²) in [6.45, 7) is 0. The maximum absolute atomic E-state index is 10.9. The van der Waals surface area contributed by atoms with E-state index >= 15 is 0 Å². The van der Waals surface area contributed by atoms with Crippen LogP contribution in [0.2, 0.25) is 0 Å². The first kappa shape index (κ1) is 12.3. The number of aliphatic imine (C=N–C) groups is 2. The molecule has 0 aromatic rings. The number of carbonyl (C=O) groups is 1. The molecule has 2 unspecified atom stereocenters. The lowest BCUT2D eigenvalue weighted by molar-refractivity contribution is -0.142. The fourth-order valence-corrected chi connectivity index (χ4v) is 1.96. The van der Waals surface area contributed by atoms with Gasteiger partial charge in [-0.3, -0.25) is 4.79 Å². The van der Waals surface area contributed by atoms with Crippen LogP contribution in [0.15, 0.2) is 9.98 Å². The molecule has 0 aliphatic heterocycles. The van der Waals surface area contributed by atoms with Gasteiger partial charge in [-0.2, -0.15) is 0 Å². The maximum atomic E-state index is 10.9. The number of aliphatic carboxylic acids is 1. The second-order valence-corrected chi connectivity index (χ2v) is 3.83. The summed E-state index contributed by atoms with van der Waals surface area (Å²) < 4.78 is 0. The van der Waals surface area contributed by atoms with Crippen LogP contribution in [0.5, 0.6) is 0 Å². The largest absolute Gasteiger partial charge is 0.481 e. The molecule has 1 rings (SSSR count). The van der Waals surface area contributed by atoms with E-state index < -0.39 is 11.9 Å². The van der Waals surface area contributed by atoms with Crippen LogP contribution < -0.4 is 0 Å². The van der Waals surface area contributed by atoms with Gasteiger partial charge >= 0.3 is 5.97 Å². The molecule has 1 N–H and O–H groups in total. The predicted octanol–water partition coefficient (Wildman–Crippen LogP) is 0.670. The molecule has 0 saturated heterocycles. The van der Waals surface area contributed by atoms with Crippen molar-refractivity contribution in [1.29, 1.82) is 0 Å². The van der Waals surface area contributed by atoms with Crippen LogP contribution in [0, 0.1) is 5.92 Å². The molecule has 0 spiro atoms. The van der Waals surface area contributed by atoms with Crippen LogP contribution in [-0.4, -0.2) is 35.3 Å². The van der Waals surface area contributed by atoms with Crippen molar-refractivity contribution in [3.05, 3.63) is 0 Å². The molecular formula is C10H12N2O4. The molecule has 0 aromatic heterocycles. The highest BCUT2D eigenvalue weighted by atomic mass is 16.4. The summed E-state index contributed by atoms with van der Waals surface area (Å²) in [7, 11) is 0. The molecule has 0 radical (unpaired) electrons. The summed E-state index contributed by atoms with van der Waals surface area (Å²) in [5, 5.41) is 8.95. The molecular weight excluding hydrogens is 212 g/mol. The SMILES string of the molecule is O=C=NC1CCC(N=C=O)CC(C(=O)O)C1. The summed E-state index contributed by atoms with van der Waals surface area (Å²) in [5.74, 6) is -1.56. The van der Waals surface area contributed by atoms with E-state index in [2.05, 4.69) is 9.98 Å². The van der Waals surface area contributed by atoms with Crippen molar-refractivity contribution < 1.29 is 19.5 Å². The molecule has 6 nitrogen and oxygen atoms in total. The first-order valence-electron chi connectivity index (χ1n) is 5.04. The van der Waals surface area contributed by atoms with E-state index in [0.717, 1.165) is 0 Å². The Morgan fingerprint density at radius 1 is 1.06 bits per heavy atom. The van der Waals surface area contributed by atoms with Crippen molar-refractivity contribution >= 4 is 18.1 Å². The molecule has 0 amide bonds. The third-order valence-corrected chi connectivity index (χ3v) is 2.77. The van der Waals surface area contributed by atoms with Gasteiger partial charge in [0.2, 0.25) is 12.2 Å². The van der Waals surface area contributed by atoms with E-state index in [1.807, 2.05) is 0 Å². The number of hydrogen-bond donors (Lipinski definition) is 1. The van der Waals surface area contributed by atoms with Crippen LogP contribution in [-0.2, 0) is 14.4 Å². The number of carboxylic acid groups (broad SMARTS) is 1. The Kier molecular flexibility index (Phi) is 4.58. The molecule has 16 heavy (non-hydrogen) atoms. The van der Waals surface area contributed by atoms with Crippen LogP contribution >= 0.6 is 0 Å². The van der Waals surface area contributed by atoms with Crippen molar-refractivity contribution in [2.24, 2.45) is 15.9 Å².